The molecule has 0 saturated carbocycles. The summed E-state index contributed by atoms with van der Waals surface area (Å²) in [4.78, 5) is 35.7. The van der Waals surface area contributed by atoms with Gasteiger partial charge in [0.05, 0.1) is 5.56 Å². The summed E-state index contributed by atoms with van der Waals surface area (Å²) in [6.45, 7) is 1.46. The van der Waals surface area contributed by atoms with Gasteiger partial charge in [0.1, 0.15) is 6.04 Å². The zero-order chi connectivity index (χ0) is 18.1. The van der Waals surface area contributed by atoms with Crippen molar-refractivity contribution in [2.75, 3.05) is 11.4 Å². The van der Waals surface area contributed by atoms with Crippen LogP contribution in [0.2, 0.25) is 0 Å². The Labute approximate surface area is 135 Å². The maximum absolute atomic E-state index is 13.1. The van der Waals surface area contributed by atoms with E-state index in [1.54, 1.807) is 0 Å². The van der Waals surface area contributed by atoms with Crippen LogP contribution in [0.15, 0.2) is 18.2 Å². The third-order valence-corrected chi connectivity index (χ3v) is 3.61. The minimum atomic E-state index is -4.70. The lowest BCUT2D eigenvalue weighted by atomic mass is 10.1. The Morgan fingerprint density at radius 1 is 1.29 bits per heavy atom. The second kappa shape index (κ2) is 6.50. The summed E-state index contributed by atoms with van der Waals surface area (Å²) in [5.74, 6) is -2.59. The highest BCUT2D eigenvalue weighted by Crippen LogP contribution is 2.34. The van der Waals surface area contributed by atoms with Gasteiger partial charge in [-0.25, -0.2) is 0 Å². The van der Waals surface area contributed by atoms with Gasteiger partial charge in [0.15, 0.2) is 0 Å². The van der Waals surface area contributed by atoms with Gasteiger partial charge in [0.25, 0.3) is 5.91 Å². The second-order valence-corrected chi connectivity index (χ2v) is 5.45. The molecule has 1 aromatic rings. The molecule has 1 fully saturated rings. The number of nitrogens with zero attached hydrogens (tertiary/aromatic N) is 1. The average molecular weight is 344 g/mol. The van der Waals surface area contributed by atoms with Gasteiger partial charge >= 0.3 is 12.1 Å². The predicted octanol–water partition coefficient (Wildman–Crippen LogP) is 2.04. The molecule has 0 bridgehead atoms. The first-order chi connectivity index (χ1) is 11.1. The number of aliphatic carboxylic acids is 1. The van der Waals surface area contributed by atoms with E-state index in [0.29, 0.717) is 12.5 Å². The normalized spacial score (nSPS) is 16.2. The fourth-order valence-corrected chi connectivity index (χ4v) is 2.32. The van der Waals surface area contributed by atoms with E-state index in [1.807, 2.05) is 0 Å². The molecular weight excluding hydrogens is 329 g/mol. The Morgan fingerprint density at radius 3 is 2.46 bits per heavy atom. The molecule has 1 saturated heterocycles. The van der Waals surface area contributed by atoms with Gasteiger partial charge in [-0.1, -0.05) is 0 Å². The standard InChI is InChI=1S/C15H15F3N2O4/c1-8(14(23)24)19-13(22)9-5-10(15(16,17)18)7-11(6-9)20-4-2-3-12(20)21/h5-8H,2-4H2,1H3,(H,19,22)(H,23,24)/t8-/m1/s1. The van der Waals surface area contributed by atoms with Crippen molar-refractivity contribution < 1.29 is 32.7 Å². The molecule has 1 atom stereocenters. The summed E-state index contributed by atoms with van der Waals surface area (Å²) in [6, 6.07) is 1.33. The topological polar surface area (TPSA) is 86.7 Å². The summed E-state index contributed by atoms with van der Waals surface area (Å²) in [5, 5.41) is 10.9. The number of carboxylic acids is 1. The van der Waals surface area contributed by atoms with E-state index in [-0.39, 0.29) is 30.1 Å². The quantitative estimate of drug-likeness (QED) is 0.875. The number of carboxylic acid groups (broad SMARTS) is 1. The molecule has 6 nitrogen and oxygen atoms in total. The predicted molar refractivity (Wildman–Crippen MR) is 77.6 cm³/mol. The van der Waals surface area contributed by atoms with Crippen LogP contribution in [-0.2, 0) is 15.8 Å². The number of carbonyl (C=O) groups is 3. The minimum Gasteiger partial charge on any atom is -0.480 e. The monoisotopic (exact) mass is 344 g/mol. The van der Waals surface area contributed by atoms with Crippen LogP contribution in [0, 0.1) is 0 Å². The van der Waals surface area contributed by atoms with Gasteiger partial charge in [-0.3, -0.25) is 14.4 Å². The van der Waals surface area contributed by atoms with Crippen LogP contribution in [0.25, 0.3) is 0 Å². The molecule has 1 aliphatic heterocycles. The Hall–Kier alpha value is -2.58. The van der Waals surface area contributed by atoms with Crippen LogP contribution in [0.5, 0.6) is 0 Å². The number of rotatable bonds is 4. The highest BCUT2D eigenvalue weighted by atomic mass is 19.4. The maximum atomic E-state index is 13.1. The van der Waals surface area contributed by atoms with Crippen LogP contribution in [0.1, 0.15) is 35.7 Å². The fraction of sp³-hybridized carbons (Fsp3) is 0.400. The number of carbonyl (C=O) groups excluding carboxylic acids is 2. The highest BCUT2D eigenvalue weighted by molar-refractivity contribution is 6.00. The number of hydrogen-bond donors (Lipinski definition) is 2. The van der Waals surface area contributed by atoms with Gasteiger partial charge in [0.2, 0.25) is 5.91 Å². The maximum Gasteiger partial charge on any atom is 0.416 e. The Bertz CT molecular complexity index is 688. The second-order valence-electron chi connectivity index (χ2n) is 5.45. The smallest absolute Gasteiger partial charge is 0.416 e. The molecule has 0 spiro atoms. The Morgan fingerprint density at radius 2 is 1.96 bits per heavy atom. The van der Waals surface area contributed by atoms with E-state index in [4.69, 9.17) is 5.11 Å². The van der Waals surface area contributed by atoms with Crippen molar-refractivity contribution in [1.29, 1.82) is 0 Å². The van der Waals surface area contributed by atoms with Crippen molar-refractivity contribution in [2.24, 2.45) is 0 Å². The van der Waals surface area contributed by atoms with Crippen molar-refractivity contribution in [1.82, 2.24) is 5.32 Å². The van der Waals surface area contributed by atoms with E-state index in [2.05, 4.69) is 5.32 Å². The fourth-order valence-electron chi connectivity index (χ4n) is 2.32. The van der Waals surface area contributed by atoms with Crippen LogP contribution < -0.4 is 10.2 Å². The third kappa shape index (κ3) is 3.84. The number of nitrogens with one attached hydrogen (secondary N) is 1. The van der Waals surface area contributed by atoms with Gasteiger partial charge in [0, 0.05) is 24.2 Å². The van der Waals surface area contributed by atoms with Crippen molar-refractivity contribution in [2.45, 2.75) is 32.0 Å². The summed E-state index contributed by atoms with van der Waals surface area (Å²) < 4.78 is 39.2. The number of alkyl halides is 3. The number of halogens is 3. The molecule has 0 aromatic heterocycles. The number of hydrogen-bond acceptors (Lipinski definition) is 3. The number of benzene rings is 1. The van der Waals surface area contributed by atoms with Gasteiger partial charge in [-0.2, -0.15) is 13.2 Å². The zero-order valence-electron chi connectivity index (χ0n) is 12.7. The molecule has 2 amide bonds. The van der Waals surface area contributed by atoms with E-state index in [1.165, 1.54) is 11.8 Å². The van der Waals surface area contributed by atoms with E-state index < -0.39 is 29.7 Å². The van der Waals surface area contributed by atoms with Crippen LogP contribution >= 0.6 is 0 Å². The van der Waals surface area contributed by atoms with Crippen LogP contribution in [0.4, 0.5) is 18.9 Å². The van der Waals surface area contributed by atoms with Crippen molar-refractivity contribution in [3.8, 4) is 0 Å². The molecule has 1 heterocycles. The molecule has 2 N–H and O–H groups in total. The Balaban J connectivity index is 2.41. The van der Waals surface area contributed by atoms with E-state index >= 15 is 0 Å². The summed E-state index contributed by atoms with van der Waals surface area (Å²) in [5.41, 5.74) is -1.46. The zero-order valence-corrected chi connectivity index (χ0v) is 12.7. The largest absolute Gasteiger partial charge is 0.480 e. The summed E-state index contributed by atoms with van der Waals surface area (Å²) in [7, 11) is 0. The molecule has 9 heteroatoms. The average Bonchev–Trinajstić information content (AvgIpc) is 2.91. The molecule has 130 valence electrons. The van der Waals surface area contributed by atoms with Gasteiger partial charge < -0.3 is 15.3 Å². The van der Waals surface area contributed by atoms with E-state index in [0.717, 1.165) is 12.1 Å². The molecular formula is C15H15F3N2O4. The summed E-state index contributed by atoms with van der Waals surface area (Å²) >= 11 is 0. The van der Waals surface area contributed by atoms with Crippen LogP contribution in [-0.4, -0.2) is 35.5 Å². The lowest BCUT2D eigenvalue weighted by Gasteiger charge is -2.19. The third-order valence-electron chi connectivity index (χ3n) is 3.61. The van der Waals surface area contributed by atoms with Gasteiger partial charge in [-0.05, 0) is 31.5 Å². The first-order valence-electron chi connectivity index (χ1n) is 7.16. The highest BCUT2D eigenvalue weighted by Gasteiger charge is 2.33. The molecule has 0 unspecified atom stereocenters. The molecule has 0 radical (unpaired) electrons. The van der Waals surface area contributed by atoms with Gasteiger partial charge in [-0.15, -0.1) is 0 Å². The molecule has 24 heavy (non-hydrogen) atoms. The van der Waals surface area contributed by atoms with E-state index in [9.17, 15) is 27.6 Å². The molecule has 1 aromatic carbocycles. The van der Waals surface area contributed by atoms with Crippen molar-refractivity contribution in [3.63, 3.8) is 0 Å². The lowest BCUT2D eigenvalue weighted by Crippen LogP contribution is -2.38. The summed E-state index contributed by atoms with van der Waals surface area (Å²) in [6.07, 6.45) is -3.95. The van der Waals surface area contributed by atoms with Crippen molar-refractivity contribution in [3.05, 3.63) is 29.3 Å². The first kappa shape index (κ1) is 17.8. The molecule has 0 aliphatic carbocycles. The Kier molecular flexibility index (Phi) is 4.81. The number of amides is 2. The van der Waals surface area contributed by atoms with Crippen LogP contribution in [0.3, 0.4) is 0 Å². The first-order valence-corrected chi connectivity index (χ1v) is 7.16. The lowest BCUT2D eigenvalue weighted by molar-refractivity contribution is -0.139. The minimum absolute atomic E-state index is 0.0274. The SMILES string of the molecule is C[C@@H](NC(=O)c1cc(N2CCCC2=O)cc(C(F)(F)F)c1)C(=O)O. The molecule has 2 rings (SSSR count). The molecule has 1 aliphatic rings. The van der Waals surface area contributed by atoms with Crippen molar-refractivity contribution >= 4 is 23.5 Å². The number of anilines is 1.